The molecule has 0 aliphatic heterocycles. The second-order valence-electron chi connectivity index (χ2n) is 2.16. The first-order chi connectivity index (χ1) is 5.43. The Morgan fingerprint density at radius 1 is 1.55 bits per heavy atom. The molecule has 1 radical (unpaired) electrons. The van der Waals surface area contributed by atoms with Crippen LogP contribution in [0, 0.1) is 18.4 Å². The number of terminal acetylenes is 1. The third-order valence-electron chi connectivity index (χ3n) is 1.33. The number of allylic oxidation sites excluding steroid dienone is 2. The third kappa shape index (κ3) is 2.73. The normalized spacial score (nSPS) is 9.73. The molecule has 0 heteroatoms. The Labute approximate surface area is 67.6 Å². The monoisotopic (exact) mass is 141 g/mol. The highest BCUT2D eigenvalue weighted by atomic mass is 13.9. The lowest BCUT2D eigenvalue weighted by molar-refractivity contribution is 1.27. The largest absolute Gasteiger partial charge is 0.115 e. The molecule has 1 aromatic carbocycles. The van der Waals surface area contributed by atoms with E-state index in [1.54, 1.807) is 6.08 Å². The predicted octanol–water partition coefficient (Wildman–Crippen LogP) is 2.22. The smallest absolute Gasteiger partial charge is 0.00819 e. The highest BCUT2D eigenvalue weighted by Crippen LogP contribution is 1.98. The van der Waals surface area contributed by atoms with E-state index in [1.807, 2.05) is 30.3 Å². The van der Waals surface area contributed by atoms with Crippen molar-refractivity contribution in [2.75, 3.05) is 0 Å². The van der Waals surface area contributed by atoms with Gasteiger partial charge in [0.05, 0.1) is 0 Å². The average molecular weight is 141 g/mol. The molecule has 0 heterocycles. The number of hydrogen-bond acceptors (Lipinski definition) is 0. The van der Waals surface area contributed by atoms with Crippen LogP contribution in [0.2, 0.25) is 0 Å². The summed E-state index contributed by atoms with van der Waals surface area (Å²) in [6.07, 6.45) is 9.57. The minimum Gasteiger partial charge on any atom is -0.115 e. The van der Waals surface area contributed by atoms with Gasteiger partial charge in [-0.15, -0.1) is 6.42 Å². The SMILES string of the molecule is C#C/C=C/Cc1[c]cccc1. The van der Waals surface area contributed by atoms with Crippen LogP contribution < -0.4 is 0 Å². The number of rotatable bonds is 2. The molecule has 11 heavy (non-hydrogen) atoms. The molecular formula is C11H9. The van der Waals surface area contributed by atoms with Crippen LogP contribution in [-0.4, -0.2) is 0 Å². The van der Waals surface area contributed by atoms with Crippen LogP contribution in [0.15, 0.2) is 36.4 Å². The van der Waals surface area contributed by atoms with Gasteiger partial charge < -0.3 is 0 Å². The standard InChI is InChI=1S/C11H9/c1-2-3-5-8-11-9-6-4-7-10-11/h1,3-7,9H,8H2/b5-3+. The molecule has 0 unspecified atom stereocenters. The van der Waals surface area contributed by atoms with Crippen molar-refractivity contribution < 1.29 is 0 Å². The fourth-order valence-electron chi connectivity index (χ4n) is 0.811. The summed E-state index contributed by atoms with van der Waals surface area (Å²) >= 11 is 0. The zero-order chi connectivity index (χ0) is 7.94. The molecule has 0 fully saturated rings. The van der Waals surface area contributed by atoms with E-state index < -0.39 is 0 Å². The van der Waals surface area contributed by atoms with E-state index >= 15 is 0 Å². The molecule has 0 atom stereocenters. The summed E-state index contributed by atoms with van der Waals surface area (Å²) in [4.78, 5) is 0. The predicted molar refractivity (Wildman–Crippen MR) is 47.0 cm³/mol. The molecule has 0 N–H and O–H groups in total. The van der Waals surface area contributed by atoms with Gasteiger partial charge in [0.25, 0.3) is 0 Å². The molecular weight excluding hydrogens is 132 g/mol. The molecule has 0 spiro atoms. The Hall–Kier alpha value is -1.48. The summed E-state index contributed by atoms with van der Waals surface area (Å²) in [5.74, 6) is 2.44. The summed E-state index contributed by atoms with van der Waals surface area (Å²) in [6, 6.07) is 11.0. The summed E-state index contributed by atoms with van der Waals surface area (Å²) < 4.78 is 0. The molecule has 0 nitrogen and oxygen atoms in total. The number of hydrogen-bond donors (Lipinski definition) is 0. The van der Waals surface area contributed by atoms with Gasteiger partial charge in [0.1, 0.15) is 0 Å². The van der Waals surface area contributed by atoms with Gasteiger partial charge in [-0.1, -0.05) is 36.3 Å². The molecule has 53 valence electrons. The highest BCUT2D eigenvalue weighted by Gasteiger charge is 1.84. The van der Waals surface area contributed by atoms with Crippen molar-refractivity contribution in [3.05, 3.63) is 48.0 Å². The van der Waals surface area contributed by atoms with Crippen LogP contribution in [0.4, 0.5) is 0 Å². The first-order valence-corrected chi connectivity index (χ1v) is 3.50. The maximum atomic E-state index is 5.05. The van der Waals surface area contributed by atoms with Crippen molar-refractivity contribution in [3.8, 4) is 12.3 Å². The Kier molecular flexibility index (Phi) is 3.02. The van der Waals surface area contributed by atoms with Crippen LogP contribution in [0.25, 0.3) is 0 Å². The maximum Gasteiger partial charge on any atom is -0.00819 e. The molecule has 1 aromatic rings. The van der Waals surface area contributed by atoms with Crippen LogP contribution in [-0.2, 0) is 6.42 Å². The van der Waals surface area contributed by atoms with E-state index in [0.717, 1.165) is 6.42 Å². The molecule has 0 saturated heterocycles. The highest BCUT2D eigenvalue weighted by molar-refractivity contribution is 5.18. The lowest BCUT2D eigenvalue weighted by Crippen LogP contribution is -1.77. The summed E-state index contributed by atoms with van der Waals surface area (Å²) in [5.41, 5.74) is 1.17. The van der Waals surface area contributed by atoms with Crippen LogP contribution in [0.5, 0.6) is 0 Å². The third-order valence-corrected chi connectivity index (χ3v) is 1.33. The van der Waals surface area contributed by atoms with E-state index in [0.29, 0.717) is 0 Å². The Morgan fingerprint density at radius 2 is 2.45 bits per heavy atom. The van der Waals surface area contributed by atoms with E-state index in [1.165, 1.54) is 5.56 Å². The quantitative estimate of drug-likeness (QED) is 0.554. The fraction of sp³-hybridized carbons (Fsp3) is 0.0909. The van der Waals surface area contributed by atoms with Crippen LogP contribution in [0.1, 0.15) is 5.56 Å². The van der Waals surface area contributed by atoms with Crippen molar-refractivity contribution in [2.45, 2.75) is 6.42 Å². The van der Waals surface area contributed by atoms with Crippen LogP contribution >= 0.6 is 0 Å². The van der Waals surface area contributed by atoms with Crippen LogP contribution in [0.3, 0.4) is 0 Å². The van der Waals surface area contributed by atoms with Gasteiger partial charge in [-0.05, 0) is 24.1 Å². The molecule has 1 rings (SSSR count). The maximum absolute atomic E-state index is 5.05. The first-order valence-electron chi connectivity index (χ1n) is 3.50. The minimum absolute atomic E-state index is 0.866. The van der Waals surface area contributed by atoms with E-state index in [-0.39, 0.29) is 0 Å². The summed E-state index contributed by atoms with van der Waals surface area (Å²) in [7, 11) is 0. The lowest BCUT2D eigenvalue weighted by Gasteiger charge is -1.91. The minimum atomic E-state index is 0.866. The molecule has 0 saturated carbocycles. The topological polar surface area (TPSA) is 0 Å². The van der Waals surface area contributed by atoms with Gasteiger partial charge in [-0.2, -0.15) is 0 Å². The first kappa shape index (κ1) is 7.63. The molecule has 0 aliphatic rings. The van der Waals surface area contributed by atoms with Crippen molar-refractivity contribution in [2.24, 2.45) is 0 Å². The fourth-order valence-corrected chi connectivity index (χ4v) is 0.811. The zero-order valence-corrected chi connectivity index (χ0v) is 6.25. The van der Waals surface area contributed by atoms with Gasteiger partial charge in [0.2, 0.25) is 0 Å². The molecule has 0 bridgehead atoms. The zero-order valence-electron chi connectivity index (χ0n) is 6.25. The van der Waals surface area contributed by atoms with Gasteiger partial charge in [0.15, 0.2) is 0 Å². The molecule has 0 aliphatic carbocycles. The van der Waals surface area contributed by atoms with E-state index in [4.69, 9.17) is 6.42 Å². The van der Waals surface area contributed by atoms with Crippen molar-refractivity contribution in [1.29, 1.82) is 0 Å². The Morgan fingerprint density at radius 3 is 3.09 bits per heavy atom. The number of benzene rings is 1. The van der Waals surface area contributed by atoms with Gasteiger partial charge in [-0.3, -0.25) is 0 Å². The van der Waals surface area contributed by atoms with Crippen molar-refractivity contribution in [3.63, 3.8) is 0 Å². The average Bonchev–Trinajstić information content (AvgIpc) is 2.07. The van der Waals surface area contributed by atoms with Gasteiger partial charge in [0, 0.05) is 0 Å². The molecule has 0 amide bonds. The van der Waals surface area contributed by atoms with Gasteiger partial charge >= 0.3 is 0 Å². The second-order valence-corrected chi connectivity index (χ2v) is 2.16. The summed E-state index contributed by atoms with van der Waals surface area (Å²) in [5, 5.41) is 0. The molecule has 0 aromatic heterocycles. The van der Waals surface area contributed by atoms with E-state index in [9.17, 15) is 0 Å². The van der Waals surface area contributed by atoms with Crippen molar-refractivity contribution >= 4 is 0 Å². The van der Waals surface area contributed by atoms with Crippen molar-refractivity contribution in [1.82, 2.24) is 0 Å². The van der Waals surface area contributed by atoms with E-state index in [2.05, 4.69) is 12.0 Å². The Bertz CT molecular complexity index is 262. The van der Waals surface area contributed by atoms with Gasteiger partial charge in [-0.25, -0.2) is 0 Å². The lowest BCUT2D eigenvalue weighted by atomic mass is 10.1. The second kappa shape index (κ2) is 4.35. The summed E-state index contributed by atoms with van der Waals surface area (Å²) in [6.45, 7) is 0. The Balaban J connectivity index is 2.53.